The lowest BCUT2D eigenvalue weighted by Crippen LogP contribution is -2.51. The van der Waals surface area contributed by atoms with Crippen molar-refractivity contribution in [3.63, 3.8) is 0 Å². The van der Waals surface area contributed by atoms with Crippen LogP contribution >= 0.6 is 11.6 Å². The van der Waals surface area contributed by atoms with Crippen molar-refractivity contribution in [1.29, 1.82) is 0 Å². The molecule has 2 amide bonds. The predicted octanol–water partition coefficient (Wildman–Crippen LogP) is 4.99. The van der Waals surface area contributed by atoms with E-state index in [0.717, 1.165) is 12.8 Å². The lowest BCUT2D eigenvalue weighted by atomic mass is 9.92. The molecule has 1 saturated heterocycles. The Morgan fingerprint density at radius 1 is 1.16 bits per heavy atom. The van der Waals surface area contributed by atoms with E-state index in [1.54, 1.807) is 30.2 Å². The summed E-state index contributed by atoms with van der Waals surface area (Å²) in [5, 5.41) is 0.539. The van der Waals surface area contributed by atoms with E-state index in [1.165, 1.54) is 19.3 Å². The van der Waals surface area contributed by atoms with Crippen molar-refractivity contribution in [3.05, 3.63) is 28.8 Å². The second kappa shape index (κ2) is 8.53. The zero-order chi connectivity index (χ0) is 22.3. The molecule has 4 atom stereocenters. The quantitative estimate of drug-likeness (QED) is 0.651. The first-order valence-electron chi connectivity index (χ1n) is 11.3. The van der Waals surface area contributed by atoms with Crippen molar-refractivity contribution in [2.45, 2.75) is 70.6 Å². The Morgan fingerprint density at radius 3 is 2.55 bits per heavy atom. The molecule has 1 heterocycles. The van der Waals surface area contributed by atoms with E-state index in [9.17, 15) is 9.59 Å². The average Bonchev–Trinajstić information content (AvgIpc) is 3.44. The van der Waals surface area contributed by atoms with Crippen LogP contribution in [0.1, 0.15) is 63.2 Å². The van der Waals surface area contributed by atoms with Crippen LogP contribution in [0, 0.1) is 11.8 Å². The molecular formula is C24H33ClN2O4. The molecule has 3 aliphatic rings. The third kappa shape index (κ3) is 4.64. The summed E-state index contributed by atoms with van der Waals surface area (Å²) in [6, 6.07) is 5.37. The number of likely N-dealkylation sites (tertiary alicyclic amines) is 1. The van der Waals surface area contributed by atoms with E-state index in [1.807, 2.05) is 20.8 Å². The highest BCUT2D eigenvalue weighted by Gasteiger charge is 2.47. The molecule has 4 rings (SSSR count). The summed E-state index contributed by atoms with van der Waals surface area (Å²) in [5.74, 6) is 1.72. The van der Waals surface area contributed by atoms with E-state index >= 15 is 0 Å². The Morgan fingerprint density at radius 2 is 1.94 bits per heavy atom. The molecule has 1 aliphatic heterocycles. The van der Waals surface area contributed by atoms with Gasteiger partial charge in [0.25, 0.3) is 5.91 Å². The van der Waals surface area contributed by atoms with E-state index in [2.05, 4.69) is 4.90 Å². The highest BCUT2D eigenvalue weighted by molar-refractivity contribution is 6.30. The van der Waals surface area contributed by atoms with Crippen LogP contribution in [0.2, 0.25) is 5.02 Å². The Balaban J connectivity index is 1.59. The van der Waals surface area contributed by atoms with Gasteiger partial charge in [-0.1, -0.05) is 18.0 Å². The molecule has 170 valence electrons. The molecule has 2 aliphatic carbocycles. The molecule has 3 fully saturated rings. The number of methoxy groups -OCH3 is 1. The fourth-order valence-corrected chi connectivity index (χ4v) is 5.74. The molecule has 2 bridgehead atoms. The number of benzene rings is 1. The van der Waals surface area contributed by atoms with Crippen molar-refractivity contribution in [2.75, 3.05) is 20.2 Å². The van der Waals surface area contributed by atoms with E-state index in [0.29, 0.717) is 41.3 Å². The number of carbonyl (C=O) groups is 2. The van der Waals surface area contributed by atoms with Crippen molar-refractivity contribution in [2.24, 2.45) is 11.8 Å². The summed E-state index contributed by atoms with van der Waals surface area (Å²) in [7, 11) is 1.56. The molecule has 0 aromatic heterocycles. The van der Waals surface area contributed by atoms with Crippen LogP contribution in [0.25, 0.3) is 0 Å². The first kappa shape index (κ1) is 22.3. The van der Waals surface area contributed by atoms with Gasteiger partial charge in [0.15, 0.2) is 0 Å². The van der Waals surface area contributed by atoms with E-state index in [-0.39, 0.29) is 24.1 Å². The predicted molar refractivity (Wildman–Crippen MR) is 120 cm³/mol. The highest BCUT2D eigenvalue weighted by Crippen LogP contribution is 2.48. The number of amides is 2. The number of rotatable bonds is 4. The lowest BCUT2D eigenvalue weighted by molar-refractivity contribution is 0.0252. The maximum absolute atomic E-state index is 13.9. The molecular weight excluding hydrogens is 416 g/mol. The zero-order valence-electron chi connectivity index (χ0n) is 18.9. The second-order valence-electron chi connectivity index (χ2n) is 10.2. The van der Waals surface area contributed by atoms with Gasteiger partial charge in [0.05, 0.1) is 18.7 Å². The van der Waals surface area contributed by atoms with E-state index in [4.69, 9.17) is 21.1 Å². The number of carbonyl (C=O) groups excluding carboxylic acids is 2. The monoisotopic (exact) mass is 448 g/mol. The van der Waals surface area contributed by atoms with Gasteiger partial charge in [-0.3, -0.25) is 4.79 Å². The van der Waals surface area contributed by atoms with Gasteiger partial charge in [0, 0.05) is 24.2 Å². The van der Waals surface area contributed by atoms with Crippen molar-refractivity contribution in [3.8, 4) is 5.75 Å². The number of halogens is 1. The number of nitrogens with zero attached hydrogens (tertiary/aromatic N) is 2. The molecule has 0 spiro atoms. The highest BCUT2D eigenvalue weighted by atomic mass is 35.5. The summed E-state index contributed by atoms with van der Waals surface area (Å²) in [5.41, 5.74) is -0.00299. The zero-order valence-corrected chi connectivity index (χ0v) is 19.7. The number of fused-ring (bicyclic) bond motifs is 2. The maximum atomic E-state index is 13.9. The van der Waals surface area contributed by atoms with Crippen LogP contribution in [-0.2, 0) is 4.74 Å². The van der Waals surface area contributed by atoms with Crippen LogP contribution in [-0.4, -0.2) is 59.7 Å². The average molecular weight is 449 g/mol. The minimum atomic E-state index is -0.536. The Bertz CT molecular complexity index is 852. The summed E-state index contributed by atoms with van der Waals surface area (Å²) < 4.78 is 11.1. The third-order valence-electron chi connectivity index (χ3n) is 6.90. The number of ether oxygens (including phenoxy) is 2. The van der Waals surface area contributed by atoms with Crippen molar-refractivity contribution >= 4 is 23.6 Å². The lowest BCUT2D eigenvalue weighted by Gasteiger charge is -2.39. The maximum Gasteiger partial charge on any atom is 0.410 e. The summed E-state index contributed by atoms with van der Waals surface area (Å²) in [6.45, 7) is 6.72. The normalized spacial score (nSPS) is 27.5. The molecule has 3 unspecified atom stereocenters. The van der Waals surface area contributed by atoms with E-state index < -0.39 is 5.60 Å². The SMILES string of the molecule is COc1cc(Cl)ccc1C(=O)N(C1CC2CCC1C2)[C@H]1CCN(C(=O)OC(C)(C)C)C1. The van der Waals surface area contributed by atoms with Gasteiger partial charge < -0.3 is 19.3 Å². The molecule has 7 heteroatoms. The number of hydrogen-bond acceptors (Lipinski definition) is 4. The Labute approximate surface area is 189 Å². The van der Waals surface area contributed by atoms with Gasteiger partial charge >= 0.3 is 6.09 Å². The molecule has 6 nitrogen and oxygen atoms in total. The third-order valence-corrected chi connectivity index (χ3v) is 7.13. The van der Waals surface area contributed by atoms with Gasteiger partial charge in [-0.15, -0.1) is 0 Å². The largest absolute Gasteiger partial charge is 0.496 e. The first-order valence-corrected chi connectivity index (χ1v) is 11.7. The fourth-order valence-electron chi connectivity index (χ4n) is 5.58. The molecule has 1 aromatic rings. The summed E-state index contributed by atoms with van der Waals surface area (Å²) in [6.07, 6.45) is 5.15. The van der Waals surface area contributed by atoms with Crippen LogP contribution in [0.4, 0.5) is 4.79 Å². The minimum absolute atomic E-state index is 0.0234. The molecule has 1 aromatic carbocycles. The van der Waals surface area contributed by atoms with Crippen molar-refractivity contribution in [1.82, 2.24) is 9.80 Å². The second-order valence-corrected chi connectivity index (χ2v) is 10.6. The van der Waals surface area contributed by atoms with Gasteiger partial charge in [-0.2, -0.15) is 0 Å². The Kier molecular flexibility index (Phi) is 6.12. The molecule has 31 heavy (non-hydrogen) atoms. The molecule has 0 radical (unpaired) electrons. The Hall–Kier alpha value is -1.95. The van der Waals surface area contributed by atoms with Crippen molar-refractivity contribution < 1.29 is 19.1 Å². The number of hydrogen-bond donors (Lipinski definition) is 0. The summed E-state index contributed by atoms with van der Waals surface area (Å²) in [4.78, 5) is 30.3. The first-order chi connectivity index (χ1) is 14.7. The van der Waals surface area contributed by atoms with Crippen LogP contribution in [0.15, 0.2) is 18.2 Å². The molecule has 0 N–H and O–H groups in total. The van der Waals surface area contributed by atoms with Crippen LogP contribution < -0.4 is 4.74 Å². The smallest absolute Gasteiger partial charge is 0.410 e. The fraction of sp³-hybridized carbons (Fsp3) is 0.667. The van der Waals surface area contributed by atoms with Crippen LogP contribution in [0.5, 0.6) is 5.75 Å². The van der Waals surface area contributed by atoms with Gasteiger partial charge in [0.1, 0.15) is 11.4 Å². The molecule has 2 saturated carbocycles. The minimum Gasteiger partial charge on any atom is -0.496 e. The van der Waals surface area contributed by atoms with Gasteiger partial charge in [-0.25, -0.2) is 4.79 Å². The standard InChI is InChI=1S/C24H33ClN2O4/c1-24(2,3)31-23(29)26-10-9-18(14-26)27(20-12-15-5-6-16(20)11-15)22(28)19-8-7-17(25)13-21(19)30-4/h7-8,13,15-16,18,20H,5-6,9-12,14H2,1-4H3/t15?,16?,18-,20?/m0/s1. The van der Waals surface area contributed by atoms with Crippen LogP contribution in [0.3, 0.4) is 0 Å². The topological polar surface area (TPSA) is 59.1 Å². The van der Waals surface area contributed by atoms with Gasteiger partial charge in [-0.05, 0) is 76.5 Å². The van der Waals surface area contributed by atoms with Gasteiger partial charge in [0.2, 0.25) is 0 Å². The summed E-state index contributed by atoms with van der Waals surface area (Å²) >= 11 is 6.13.